The molecule has 0 aromatic carbocycles. The number of amides is 2. The first-order valence-corrected chi connectivity index (χ1v) is 7.67. The topological polar surface area (TPSA) is 69.6 Å². The van der Waals surface area contributed by atoms with Crippen LogP contribution in [0.1, 0.15) is 30.2 Å². The van der Waals surface area contributed by atoms with E-state index in [2.05, 4.69) is 5.32 Å². The van der Waals surface area contributed by atoms with E-state index in [4.69, 9.17) is 0 Å². The van der Waals surface area contributed by atoms with Crippen molar-refractivity contribution in [1.29, 1.82) is 0 Å². The van der Waals surface area contributed by atoms with E-state index < -0.39 is 12.0 Å². The molecule has 110 valence electrons. The normalized spacial score (nSPS) is 22.6. The molecule has 0 saturated carbocycles. The van der Waals surface area contributed by atoms with E-state index in [1.807, 2.05) is 25.3 Å². The third kappa shape index (κ3) is 3.30. The van der Waals surface area contributed by atoms with E-state index in [0.29, 0.717) is 25.4 Å². The van der Waals surface area contributed by atoms with Crippen molar-refractivity contribution in [1.82, 2.24) is 10.2 Å². The summed E-state index contributed by atoms with van der Waals surface area (Å²) in [7, 11) is 0. The van der Waals surface area contributed by atoms with Gasteiger partial charge in [0.15, 0.2) is 0 Å². The monoisotopic (exact) mass is 296 g/mol. The largest absolute Gasteiger partial charge is 0.480 e. The van der Waals surface area contributed by atoms with Crippen molar-refractivity contribution in [3.8, 4) is 0 Å². The van der Waals surface area contributed by atoms with Crippen LogP contribution in [0.4, 0.5) is 4.79 Å². The second kappa shape index (κ2) is 6.26. The summed E-state index contributed by atoms with van der Waals surface area (Å²) in [6.07, 6.45) is 1.38. The Morgan fingerprint density at radius 2 is 2.30 bits per heavy atom. The Bertz CT molecular complexity index is 500. The predicted molar refractivity (Wildman–Crippen MR) is 77.8 cm³/mol. The van der Waals surface area contributed by atoms with E-state index in [1.54, 1.807) is 11.3 Å². The maximum absolute atomic E-state index is 12.2. The minimum atomic E-state index is -0.918. The molecular weight excluding hydrogens is 276 g/mol. The number of carbonyl (C=O) groups excluding carboxylic acids is 1. The van der Waals surface area contributed by atoms with E-state index in [-0.39, 0.29) is 6.03 Å². The Hall–Kier alpha value is -1.56. The third-order valence-corrected chi connectivity index (χ3v) is 4.80. The molecule has 0 aliphatic carbocycles. The molecule has 1 aromatic heterocycles. The van der Waals surface area contributed by atoms with Gasteiger partial charge in [-0.2, -0.15) is 0 Å². The first kappa shape index (κ1) is 14.8. The van der Waals surface area contributed by atoms with E-state index in [0.717, 1.165) is 16.9 Å². The second-order valence-corrected chi connectivity index (χ2v) is 6.36. The molecule has 2 rings (SSSR count). The summed E-state index contributed by atoms with van der Waals surface area (Å²) >= 11 is 1.60. The Morgan fingerprint density at radius 3 is 2.90 bits per heavy atom. The summed E-state index contributed by atoms with van der Waals surface area (Å²) in [4.78, 5) is 26.0. The summed E-state index contributed by atoms with van der Waals surface area (Å²) in [5.74, 6) is -0.571. The number of hydrogen-bond acceptors (Lipinski definition) is 3. The first-order chi connectivity index (χ1) is 9.49. The fourth-order valence-corrected chi connectivity index (χ4v) is 3.31. The van der Waals surface area contributed by atoms with Gasteiger partial charge in [-0.3, -0.25) is 0 Å². The highest BCUT2D eigenvalue weighted by Gasteiger charge is 2.34. The molecule has 2 heterocycles. The molecule has 2 unspecified atom stereocenters. The number of likely N-dealkylation sites (tertiary alicyclic amines) is 1. The van der Waals surface area contributed by atoms with Gasteiger partial charge in [0.1, 0.15) is 6.04 Å². The van der Waals surface area contributed by atoms with Gasteiger partial charge < -0.3 is 15.3 Å². The van der Waals surface area contributed by atoms with Gasteiger partial charge >= 0.3 is 12.0 Å². The van der Waals surface area contributed by atoms with Crippen molar-refractivity contribution >= 4 is 23.3 Å². The molecule has 1 fully saturated rings. The fraction of sp³-hybridized carbons (Fsp3) is 0.571. The molecule has 2 atom stereocenters. The lowest BCUT2D eigenvalue weighted by Crippen LogP contribution is -2.53. The number of aryl methyl sites for hydroxylation is 1. The third-order valence-electron chi connectivity index (χ3n) is 3.78. The van der Waals surface area contributed by atoms with Crippen LogP contribution in [-0.2, 0) is 11.3 Å². The zero-order valence-electron chi connectivity index (χ0n) is 11.8. The minimum Gasteiger partial charge on any atom is -0.480 e. The molecule has 1 aliphatic heterocycles. The van der Waals surface area contributed by atoms with E-state index in [9.17, 15) is 14.7 Å². The molecule has 6 heteroatoms. The molecule has 2 N–H and O–H groups in total. The zero-order chi connectivity index (χ0) is 14.7. The lowest BCUT2D eigenvalue weighted by molar-refractivity contribution is -0.143. The molecule has 0 bridgehead atoms. The number of nitrogens with zero attached hydrogens (tertiary/aromatic N) is 1. The average molecular weight is 296 g/mol. The van der Waals surface area contributed by atoms with Gasteiger partial charge in [0.05, 0.1) is 6.54 Å². The van der Waals surface area contributed by atoms with Gasteiger partial charge in [0.2, 0.25) is 0 Å². The minimum absolute atomic E-state index is 0.280. The van der Waals surface area contributed by atoms with Gasteiger partial charge in [-0.1, -0.05) is 6.92 Å². The molecule has 0 radical (unpaired) electrons. The van der Waals surface area contributed by atoms with Crippen molar-refractivity contribution in [2.45, 2.75) is 39.3 Å². The van der Waals surface area contributed by atoms with Crippen molar-refractivity contribution < 1.29 is 14.7 Å². The van der Waals surface area contributed by atoms with Gasteiger partial charge in [-0.05, 0) is 42.7 Å². The molecular formula is C14H20N2O3S. The van der Waals surface area contributed by atoms with Crippen molar-refractivity contribution in [2.24, 2.45) is 5.92 Å². The maximum atomic E-state index is 12.2. The number of carbonyl (C=O) groups is 2. The van der Waals surface area contributed by atoms with Crippen LogP contribution < -0.4 is 5.32 Å². The highest BCUT2D eigenvalue weighted by Crippen LogP contribution is 2.23. The lowest BCUT2D eigenvalue weighted by atomic mass is 9.93. The van der Waals surface area contributed by atoms with E-state index in [1.165, 1.54) is 4.90 Å². The number of urea groups is 1. The number of nitrogens with one attached hydrogen (secondary N) is 1. The SMILES string of the molecule is Cc1ccsc1CNC(=O)N1CCC(C)CC1C(=O)O. The number of carboxylic acids is 1. The van der Waals surface area contributed by atoms with Crippen LogP contribution in [0.25, 0.3) is 0 Å². The molecule has 1 aliphatic rings. The Balaban J connectivity index is 1.96. The highest BCUT2D eigenvalue weighted by molar-refractivity contribution is 7.10. The predicted octanol–water partition coefficient (Wildman–Crippen LogP) is 2.45. The zero-order valence-corrected chi connectivity index (χ0v) is 12.6. The van der Waals surface area contributed by atoms with Crippen molar-refractivity contribution in [2.75, 3.05) is 6.54 Å². The van der Waals surface area contributed by atoms with Gasteiger partial charge in [0, 0.05) is 11.4 Å². The van der Waals surface area contributed by atoms with Crippen LogP contribution in [0.15, 0.2) is 11.4 Å². The molecule has 0 spiro atoms. The number of rotatable bonds is 3. The smallest absolute Gasteiger partial charge is 0.326 e. The molecule has 20 heavy (non-hydrogen) atoms. The molecule has 2 amide bonds. The van der Waals surface area contributed by atoms with Crippen LogP contribution in [0.3, 0.4) is 0 Å². The van der Waals surface area contributed by atoms with Crippen LogP contribution >= 0.6 is 11.3 Å². The average Bonchev–Trinajstić information content (AvgIpc) is 2.81. The van der Waals surface area contributed by atoms with Crippen LogP contribution in [0.2, 0.25) is 0 Å². The summed E-state index contributed by atoms with van der Waals surface area (Å²) in [6, 6.07) is 1.02. The summed E-state index contributed by atoms with van der Waals surface area (Å²) in [5, 5.41) is 14.1. The second-order valence-electron chi connectivity index (χ2n) is 5.36. The van der Waals surface area contributed by atoms with Crippen LogP contribution in [0, 0.1) is 12.8 Å². The number of thiophene rings is 1. The number of aliphatic carboxylic acids is 1. The number of carboxylic acid groups (broad SMARTS) is 1. The van der Waals surface area contributed by atoms with Gasteiger partial charge in [0.25, 0.3) is 0 Å². The number of hydrogen-bond donors (Lipinski definition) is 2. The van der Waals surface area contributed by atoms with Gasteiger partial charge in [-0.15, -0.1) is 11.3 Å². The molecule has 1 saturated heterocycles. The lowest BCUT2D eigenvalue weighted by Gasteiger charge is -2.35. The Kier molecular flexibility index (Phi) is 4.65. The quantitative estimate of drug-likeness (QED) is 0.900. The molecule has 5 nitrogen and oxygen atoms in total. The van der Waals surface area contributed by atoms with Gasteiger partial charge in [-0.25, -0.2) is 9.59 Å². The van der Waals surface area contributed by atoms with Crippen molar-refractivity contribution in [3.05, 3.63) is 21.9 Å². The Labute approximate surface area is 122 Å². The first-order valence-electron chi connectivity index (χ1n) is 6.79. The maximum Gasteiger partial charge on any atom is 0.326 e. The number of piperidine rings is 1. The molecule has 1 aromatic rings. The highest BCUT2D eigenvalue weighted by atomic mass is 32.1. The summed E-state index contributed by atoms with van der Waals surface area (Å²) in [6.45, 7) is 4.99. The Morgan fingerprint density at radius 1 is 1.55 bits per heavy atom. The van der Waals surface area contributed by atoms with Crippen LogP contribution in [-0.4, -0.2) is 34.6 Å². The summed E-state index contributed by atoms with van der Waals surface area (Å²) in [5.41, 5.74) is 1.15. The van der Waals surface area contributed by atoms with Crippen LogP contribution in [0.5, 0.6) is 0 Å². The fourth-order valence-electron chi connectivity index (χ4n) is 2.46. The standard InChI is InChI=1S/C14H20N2O3S/c1-9-3-5-16(11(7-9)13(17)18)14(19)15-8-12-10(2)4-6-20-12/h4,6,9,11H,3,5,7-8H2,1-2H3,(H,15,19)(H,17,18). The van der Waals surface area contributed by atoms with E-state index >= 15 is 0 Å². The van der Waals surface area contributed by atoms with Crippen molar-refractivity contribution in [3.63, 3.8) is 0 Å². The summed E-state index contributed by atoms with van der Waals surface area (Å²) < 4.78 is 0.